The zero-order valence-corrected chi connectivity index (χ0v) is 12.0. The Bertz CT molecular complexity index is 754. The van der Waals surface area contributed by atoms with E-state index in [0.29, 0.717) is 28.7 Å². The third-order valence-electron chi connectivity index (χ3n) is 3.59. The van der Waals surface area contributed by atoms with Gasteiger partial charge < -0.3 is 9.52 Å². The molecule has 4 heteroatoms. The van der Waals surface area contributed by atoms with Gasteiger partial charge >= 0.3 is 0 Å². The molecule has 0 bridgehead atoms. The Balaban J connectivity index is 2.15. The molecule has 2 nitrogen and oxygen atoms in total. The fourth-order valence-corrected chi connectivity index (χ4v) is 2.75. The van der Waals surface area contributed by atoms with E-state index in [4.69, 9.17) is 16.0 Å². The molecule has 1 N–H and O–H groups in total. The summed E-state index contributed by atoms with van der Waals surface area (Å²) < 4.78 is 19.0. The molecule has 3 rings (SSSR count). The van der Waals surface area contributed by atoms with Crippen LogP contribution in [0, 0.1) is 5.82 Å². The second-order valence-electron chi connectivity index (χ2n) is 4.96. The molecule has 21 heavy (non-hydrogen) atoms. The molecule has 0 saturated carbocycles. The van der Waals surface area contributed by atoms with Crippen LogP contribution in [0.15, 0.2) is 59.0 Å². The highest BCUT2D eigenvalue weighted by Gasteiger charge is 2.34. The predicted octanol–water partition coefficient (Wildman–Crippen LogP) is 4.44. The largest absolute Gasteiger partial charge is 0.458 e. The van der Waals surface area contributed by atoms with Crippen molar-refractivity contribution in [3.8, 4) is 0 Å². The van der Waals surface area contributed by atoms with E-state index in [1.165, 1.54) is 12.1 Å². The second-order valence-corrected chi connectivity index (χ2v) is 5.34. The van der Waals surface area contributed by atoms with Crippen molar-refractivity contribution in [1.82, 2.24) is 0 Å². The minimum Gasteiger partial charge on any atom is -0.458 e. The highest BCUT2D eigenvalue weighted by atomic mass is 35.5. The first kappa shape index (κ1) is 14.1. The van der Waals surface area contributed by atoms with Crippen LogP contribution in [0.25, 0.3) is 11.0 Å². The molecule has 0 radical (unpaired) electrons. The molecule has 1 atom stereocenters. The Morgan fingerprint density at radius 2 is 1.86 bits per heavy atom. The second kappa shape index (κ2) is 5.51. The number of alkyl halides is 1. The van der Waals surface area contributed by atoms with E-state index < -0.39 is 5.60 Å². The molecule has 0 fully saturated rings. The Morgan fingerprint density at radius 3 is 2.57 bits per heavy atom. The smallest absolute Gasteiger partial charge is 0.148 e. The van der Waals surface area contributed by atoms with Crippen molar-refractivity contribution in [3.05, 3.63) is 71.7 Å². The summed E-state index contributed by atoms with van der Waals surface area (Å²) in [7, 11) is 0. The Labute approximate surface area is 126 Å². The molecule has 108 valence electrons. The lowest BCUT2D eigenvalue weighted by atomic mass is 9.88. The van der Waals surface area contributed by atoms with Crippen molar-refractivity contribution in [1.29, 1.82) is 0 Å². The van der Waals surface area contributed by atoms with Crippen LogP contribution in [-0.2, 0) is 5.60 Å². The molecule has 0 aliphatic carbocycles. The lowest BCUT2D eigenvalue weighted by Gasteiger charge is -2.25. The van der Waals surface area contributed by atoms with E-state index in [-0.39, 0.29) is 11.7 Å². The first-order valence-electron chi connectivity index (χ1n) is 6.67. The maximum absolute atomic E-state index is 13.3. The number of aliphatic hydroxyl groups is 1. The lowest BCUT2D eigenvalue weighted by Crippen LogP contribution is -2.27. The zero-order chi connectivity index (χ0) is 14.9. The van der Waals surface area contributed by atoms with E-state index in [9.17, 15) is 9.50 Å². The maximum atomic E-state index is 13.3. The van der Waals surface area contributed by atoms with Crippen molar-refractivity contribution < 1.29 is 13.9 Å². The summed E-state index contributed by atoms with van der Waals surface area (Å²) >= 11 is 5.85. The van der Waals surface area contributed by atoms with Crippen molar-refractivity contribution in [2.45, 2.75) is 12.0 Å². The van der Waals surface area contributed by atoms with Gasteiger partial charge in [0.1, 0.15) is 22.8 Å². The molecule has 3 aromatic rings. The fourth-order valence-electron chi connectivity index (χ4n) is 2.48. The Hall–Kier alpha value is -1.84. The molecule has 1 unspecified atom stereocenters. The van der Waals surface area contributed by atoms with E-state index >= 15 is 0 Å². The summed E-state index contributed by atoms with van der Waals surface area (Å²) in [5, 5.41) is 11.7. The number of hydrogen-bond donors (Lipinski definition) is 1. The number of benzene rings is 2. The highest BCUT2D eigenvalue weighted by molar-refractivity contribution is 6.17. The third kappa shape index (κ3) is 2.55. The van der Waals surface area contributed by atoms with Crippen LogP contribution in [0.1, 0.15) is 17.7 Å². The summed E-state index contributed by atoms with van der Waals surface area (Å²) in [6, 6.07) is 15.1. The van der Waals surface area contributed by atoms with Crippen LogP contribution < -0.4 is 0 Å². The van der Waals surface area contributed by atoms with E-state index in [1.807, 2.05) is 30.3 Å². The Kier molecular flexibility index (Phi) is 3.70. The van der Waals surface area contributed by atoms with E-state index in [1.54, 1.807) is 12.1 Å². The molecule has 0 aliphatic heterocycles. The first-order chi connectivity index (χ1) is 10.1. The third-order valence-corrected chi connectivity index (χ3v) is 3.78. The van der Waals surface area contributed by atoms with Crippen LogP contribution in [0.3, 0.4) is 0 Å². The average Bonchev–Trinajstić information content (AvgIpc) is 2.92. The molecule has 1 heterocycles. The standard InChI is InChI=1S/C17H14ClFO2/c18-9-8-17(20,13-4-2-1-3-5-13)16-11-12-10-14(19)6-7-15(12)21-16/h1-7,10-11,20H,8-9H2. The molecular formula is C17H14ClFO2. The molecule has 1 aromatic heterocycles. The van der Waals surface area contributed by atoms with E-state index in [0.717, 1.165) is 0 Å². The van der Waals surface area contributed by atoms with Crippen molar-refractivity contribution in [3.63, 3.8) is 0 Å². The number of furan rings is 1. The zero-order valence-electron chi connectivity index (χ0n) is 11.2. The van der Waals surface area contributed by atoms with Crippen molar-refractivity contribution >= 4 is 22.6 Å². The molecule has 0 spiro atoms. The summed E-state index contributed by atoms with van der Waals surface area (Å²) in [6.45, 7) is 0. The van der Waals surface area contributed by atoms with Gasteiger partial charge in [0.05, 0.1) is 0 Å². The van der Waals surface area contributed by atoms with Gasteiger partial charge in [-0.1, -0.05) is 30.3 Å². The van der Waals surface area contributed by atoms with Crippen molar-refractivity contribution in [2.24, 2.45) is 0 Å². The number of rotatable bonds is 4. The molecule has 0 saturated heterocycles. The van der Waals surface area contributed by atoms with Crippen LogP contribution >= 0.6 is 11.6 Å². The van der Waals surface area contributed by atoms with Gasteiger partial charge in [-0.15, -0.1) is 11.6 Å². The quantitative estimate of drug-likeness (QED) is 0.723. The first-order valence-corrected chi connectivity index (χ1v) is 7.20. The minimum absolute atomic E-state index is 0.275. The molecular weight excluding hydrogens is 291 g/mol. The normalized spacial score (nSPS) is 14.2. The van der Waals surface area contributed by atoms with Crippen LogP contribution in [0.2, 0.25) is 0 Å². The van der Waals surface area contributed by atoms with Gasteiger partial charge in [0.2, 0.25) is 0 Å². The predicted molar refractivity (Wildman–Crippen MR) is 80.9 cm³/mol. The molecule has 2 aromatic carbocycles. The lowest BCUT2D eigenvalue weighted by molar-refractivity contribution is 0.0553. The van der Waals surface area contributed by atoms with Gasteiger partial charge in [-0.05, 0) is 29.8 Å². The average molecular weight is 305 g/mol. The number of fused-ring (bicyclic) bond motifs is 1. The van der Waals surface area contributed by atoms with Gasteiger partial charge in [0.25, 0.3) is 0 Å². The summed E-state index contributed by atoms with van der Waals surface area (Å²) in [6.07, 6.45) is 0.306. The van der Waals surface area contributed by atoms with Gasteiger partial charge in [-0.2, -0.15) is 0 Å². The van der Waals surface area contributed by atoms with Gasteiger partial charge in [0.15, 0.2) is 0 Å². The minimum atomic E-state index is -1.32. The molecule has 0 amide bonds. The number of halogens is 2. The SMILES string of the molecule is OC(CCCl)(c1ccccc1)c1cc2cc(F)ccc2o1. The van der Waals surface area contributed by atoms with Crippen LogP contribution in [0.5, 0.6) is 0 Å². The highest BCUT2D eigenvalue weighted by Crippen LogP contribution is 2.36. The van der Waals surface area contributed by atoms with Gasteiger partial charge in [-0.3, -0.25) is 0 Å². The molecule has 0 aliphatic rings. The topological polar surface area (TPSA) is 33.4 Å². The van der Waals surface area contributed by atoms with Crippen molar-refractivity contribution in [2.75, 3.05) is 5.88 Å². The van der Waals surface area contributed by atoms with E-state index in [2.05, 4.69) is 0 Å². The fraction of sp³-hybridized carbons (Fsp3) is 0.176. The summed E-state index contributed by atoms with van der Waals surface area (Å²) in [4.78, 5) is 0. The number of hydrogen-bond acceptors (Lipinski definition) is 2. The van der Waals surface area contributed by atoms with Crippen LogP contribution in [-0.4, -0.2) is 11.0 Å². The van der Waals surface area contributed by atoms with Crippen LogP contribution in [0.4, 0.5) is 4.39 Å². The Morgan fingerprint density at radius 1 is 1.10 bits per heavy atom. The summed E-state index contributed by atoms with van der Waals surface area (Å²) in [5.74, 6) is 0.307. The van der Waals surface area contributed by atoms with Gasteiger partial charge in [0, 0.05) is 17.7 Å². The maximum Gasteiger partial charge on any atom is 0.148 e. The van der Waals surface area contributed by atoms with Gasteiger partial charge in [-0.25, -0.2) is 4.39 Å². The summed E-state index contributed by atoms with van der Waals surface area (Å²) in [5.41, 5.74) is -0.0843. The monoisotopic (exact) mass is 304 g/mol.